The first-order valence-corrected chi connectivity index (χ1v) is 8.04. The van der Waals surface area contributed by atoms with Gasteiger partial charge in [-0.05, 0) is 26.2 Å². The summed E-state index contributed by atoms with van der Waals surface area (Å²) < 4.78 is 0. The van der Waals surface area contributed by atoms with Crippen LogP contribution >= 0.6 is 0 Å². The van der Waals surface area contributed by atoms with Gasteiger partial charge in [0.15, 0.2) is 0 Å². The number of anilines is 2. The normalized spacial score (nSPS) is 10.6. The number of aromatic nitrogens is 2. The fourth-order valence-electron chi connectivity index (χ4n) is 2.20. The molecule has 0 amide bonds. The molecule has 1 rings (SSSR count). The first-order valence-electron chi connectivity index (χ1n) is 8.04. The van der Waals surface area contributed by atoms with Gasteiger partial charge in [-0.25, -0.2) is 9.97 Å². The molecule has 0 fully saturated rings. The Kier molecular flexibility index (Phi) is 8.00. The van der Waals surface area contributed by atoms with Crippen molar-refractivity contribution in [3.63, 3.8) is 0 Å². The number of hydrogen-bond acceptors (Lipinski definition) is 4. The van der Waals surface area contributed by atoms with Crippen molar-refractivity contribution in [3.05, 3.63) is 11.9 Å². The van der Waals surface area contributed by atoms with Crippen molar-refractivity contribution in [3.8, 4) is 0 Å². The Morgan fingerprint density at radius 1 is 1.00 bits per heavy atom. The zero-order valence-electron chi connectivity index (χ0n) is 13.6. The van der Waals surface area contributed by atoms with Crippen LogP contribution in [0.3, 0.4) is 0 Å². The van der Waals surface area contributed by atoms with E-state index in [0.717, 1.165) is 37.7 Å². The van der Waals surface area contributed by atoms with Crippen LogP contribution in [-0.2, 0) is 0 Å². The Morgan fingerprint density at radius 2 is 1.65 bits per heavy atom. The standard InChI is InChI=1S/C16H30N4/c1-5-8-11-20(12-9-6-2)16-14(4)15(17-10-7-3)18-13-19-16/h13H,5-12H2,1-4H3,(H,17,18,19). The molecule has 114 valence electrons. The van der Waals surface area contributed by atoms with Crippen molar-refractivity contribution in [1.29, 1.82) is 0 Å². The smallest absolute Gasteiger partial charge is 0.137 e. The fourth-order valence-corrected chi connectivity index (χ4v) is 2.20. The van der Waals surface area contributed by atoms with Gasteiger partial charge in [0.05, 0.1) is 0 Å². The molecule has 4 nitrogen and oxygen atoms in total. The van der Waals surface area contributed by atoms with Gasteiger partial charge in [0.2, 0.25) is 0 Å². The van der Waals surface area contributed by atoms with E-state index < -0.39 is 0 Å². The minimum absolute atomic E-state index is 0.960. The maximum absolute atomic E-state index is 4.53. The van der Waals surface area contributed by atoms with E-state index >= 15 is 0 Å². The van der Waals surface area contributed by atoms with Crippen molar-refractivity contribution in [2.45, 2.75) is 59.8 Å². The van der Waals surface area contributed by atoms with E-state index in [0.29, 0.717) is 0 Å². The fraction of sp³-hybridized carbons (Fsp3) is 0.750. The quantitative estimate of drug-likeness (QED) is 0.702. The number of hydrogen-bond donors (Lipinski definition) is 1. The Bertz CT molecular complexity index is 371. The predicted octanol–water partition coefficient (Wildman–Crippen LogP) is 4.01. The summed E-state index contributed by atoms with van der Waals surface area (Å²) in [7, 11) is 0. The summed E-state index contributed by atoms with van der Waals surface area (Å²) in [6, 6.07) is 0. The van der Waals surface area contributed by atoms with Gasteiger partial charge in [-0.1, -0.05) is 33.6 Å². The Labute approximate surface area is 124 Å². The van der Waals surface area contributed by atoms with E-state index in [4.69, 9.17) is 0 Å². The molecule has 0 aliphatic rings. The van der Waals surface area contributed by atoms with Crippen LogP contribution in [0.2, 0.25) is 0 Å². The number of unbranched alkanes of at least 4 members (excludes halogenated alkanes) is 2. The van der Waals surface area contributed by atoms with Crippen LogP contribution in [0.1, 0.15) is 58.4 Å². The zero-order chi connectivity index (χ0) is 14.8. The monoisotopic (exact) mass is 278 g/mol. The topological polar surface area (TPSA) is 41.1 Å². The van der Waals surface area contributed by atoms with Crippen molar-refractivity contribution in [2.24, 2.45) is 0 Å². The van der Waals surface area contributed by atoms with Crippen molar-refractivity contribution in [1.82, 2.24) is 9.97 Å². The molecule has 0 aliphatic heterocycles. The van der Waals surface area contributed by atoms with Gasteiger partial charge in [-0.3, -0.25) is 0 Å². The van der Waals surface area contributed by atoms with E-state index in [9.17, 15) is 0 Å². The molecule has 0 aliphatic carbocycles. The van der Waals surface area contributed by atoms with Gasteiger partial charge >= 0.3 is 0 Å². The zero-order valence-corrected chi connectivity index (χ0v) is 13.6. The maximum Gasteiger partial charge on any atom is 0.137 e. The summed E-state index contributed by atoms with van der Waals surface area (Å²) in [5, 5.41) is 3.39. The average Bonchev–Trinajstić information content (AvgIpc) is 2.47. The number of nitrogens with zero attached hydrogens (tertiary/aromatic N) is 3. The third-order valence-corrected chi connectivity index (χ3v) is 3.46. The van der Waals surface area contributed by atoms with Gasteiger partial charge in [-0.2, -0.15) is 0 Å². The molecule has 0 aromatic carbocycles. The molecule has 1 aromatic rings. The molecule has 0 atom stereocenters. The average molecular weight is 278 g/mol. The first kappa shape index (κ1) is 16.7. The third-order valence-electron chi connectivity index (χ3n) is 3.46. The van der Waals surface area contributed by atoms with Gasteiger partial charge in [-0.15, -0.1) is 0 Å². The molecule has 0 unspecified atom stereocenters. The minimum atomic E-state index is 0.960. The van der Waals surface area contributed by atoms with Crippen LogP contribution in [0.4, 0.5) is 11.6 Å². The highest BCUT2D eigenvalue weighted by atomic mass is 15.2. The lowest BCUT2D eigenvalue weighted by Crippen LogP contribution is -2.27. The van der Waals surface area contributed by atoms with Gasteiger partial charge in [0, 0.05) is 25.2 Å². The lowest BCUT2D eigenvalue weighted by molar-refractivity contribution is 0.668. The molecule has 0 saturated carbocycles. The van der Waals surface area contributed by atoms with E-state index in [2.05, 4.69) is 47.9 Å². The molecular formula is C16H30N4. The van der Waals surface area contributed by atoms with Crippen LogP contribution in [0, 0.1) is 6.92 Å². The molecule has 0 bridgehead atoms. The van der Waals surface area contributed by atoms with E-state index in [1.54, 1.807) is 6.33 Å². The molecule has 0 radical (unpaired) electrons. The molecule has 1 aromatic heterocycles. The molecule has 0 saturated heterocycles. The molecule has 1 heterocycles. The van der Waals surface area contributed by atoms with Crippen LogP contribution in [0.5, 0.6) is 0 Å². The molecule has 20 heavy (non-hydrogen) atoms. The summed E-state index contributed by atoms with van der Waals surface area (Å²) in [4.78, 5) is 11.3. The molecular weight excluding hydrogens is 248 g/mol. The summed E-state index contributed by atoms with van der Waals surface area (Å²) in [6.45, 7) is 11.9. The highest BCUT2D eigenvalue weighted by molar-refractivity contribution is 5.57. The van der Waals surface area contributed by atoms with Crippen molar-refractivity contribution in [2.75, 3.05) is 29.9 Å². The Balaban J connectivity index is 2.87. The van der Waals surface area contributed by atoms with E-state index in [-0.39, 0.29) is 0 Å². The lowest BCUT2D eigenvalue weighted by Gasteiger charge is -2.25. The van der Waals surface area contributed by atoms with E-state index in [1.165, 1.54) is 31.2 Å². The second kappa shape index (κ2) is 9.56. The Hall–Kier alpha value is -1.32. The first-order chi connectivity index (χ1) is 9.74. The summed E-state index contributed by atoms with van der Waals surface area (Å²) >= 11 is 0. The van der Waals surface area contributed by atoms with Gasteiger partial charge < -0.3 is 10.2 Å². The summed E-state index contributed by atoms with van der Waals surface area (Å²) in [5.41, 5.74) is 1.17. The lowest BCUT2D eigenvalue weighted by atomic mass is 10.2. The summed E-state index contributed by atoms with van der Waals surface area (Å²) in [5.74, 6) is 2.08. The van der Waals surface area contributed by atoms with Gasteiger partial charge in [0.25, 0.3) is 0 Å². The maximum atomic E-state index is 4.53. The highest BCUT2D eigenvalue weighted by Gasteiger charge is 2.13. The molecule has 4 heteroatoms. The number of nitrogens with one attached hydrogen (secondary N) is 1. The molecule has 0 spiro atoms. The SMILES string of the molecule is CCCCN(CCCC)c1ncnc(NCCC)c1C. The van der Waals surface area contributed by atoms with Crippen LogP contribution < -0.4 is 10.2 Å². The molecule has 1 N–H and O–H groups in total. The predicted molar refractivity (Wildman–Crippen MR) is 87.6 cm³/mol. The van der Waals surface area contributed by atoms with Crippen LogP contribution in [0.15, 0.2) is 6.33 Å². The second-order valence-corrected chi connectivity index (χ2v) is 5.29. The highest BCUT2D eigenvalue weighted by Crippen LogP contribution is 2.23. The largest absolute Gasteiger partial charge is 0.370 e. The minimum Gasteiger partial charge on any atom is -0.370 e. The Morgan fingerprint density at radius 3 is 2.20 bits per heavy atom. The van der Waals surface area contributed by atoms with Crippen LogP contribution in [0.25, 0.3) is 0 Å². The number of rotatable bonds is 10. The van der Waals surface area contributed by atoms with Crippen LogP contribution in [-0.4, -0.2) is 29.6 Å². The van der Waals surface area contributed by atoms with Crippen molar-refractivity contribution < 1.29 is 0 Å². The van der Waals surface area contributed by atoms with E-state index in [1.807, 2.05) is 0 Å². The van der Waals surface area contributed by atoms with Crippen molar-refractivity contribution >= 4 is 11.6 Å². The van der Waals surface area contributed by atoms with Gasteiger partial charge in [0.1, 0.15) is 18.0 Å². The second-order valence-electron chi connectivity index (χ2n) is 5.29. The third kappa shape index (κ3) is 4.99. The summed E-state index contributed by atoms with van der Waals surface area (Å²) in [6.07, 6.45) is 7.65.